The van der Waals surface area contributed by atoms with Gasteiger partial charge in [-0.05, 0) is 13.0 Å². The van der Waals surface area contributed by atoms with Crippen molar-refractivity contribution in [2.75, 3.05) is 32.9 Å². The number of esters is 1. The number of carbonyl (C=O) groups is 1. The van der Waals surface area contributed by atoms with Crippen molar-refractivity contribution in [3.8, 4) is 5.88 Å². The van der Waals surface area contributed by atoms with E-state index in [0.717, 1.165) is 13.1 Å². The number of hydrogen-bond acceptors (Lipinski definition) is 6. The minimum Gasteiger partial charge on any atom is -0.475 e. The third kappa shape index (κ3) is 4.18. The van der Waals surface area contributed by atoms with Crippen molar-refractivity contribution in [3.05, 3.63) is 23.9 Å². The second-order valence-electron chi connectivity index (χ2n) is 4.11. The molecule has 1 fully saturated rings. The highest BCUT2D eigenvalue weighted by atomic mass is 16.5. The molecule has 1 N–H and O–H groups in total. The standard InChI is InChI=1S/C13H18N2O4/c1-2-17-13(16)10-3-4-12(15-7-10)19-9-11-8-14-5-6-18-11/h3-4,7,11,14H,2,5-6,8-9H2,1H3. The van der Waals surface area contributed by atoms with E-state index in [1.165, 1.54) is 6.20 Å². The van der Waals surface area contributed by atoms with E-state index in [9.17, 15) is 4.79 Å². The molecule has 1 aromatic heterocycles. The van der Waals surface area contributed by atoms with E-state index in [1.54, 1.807) is 19.1 Å². The zero-order chi connectivity index (χ0) is 13.5. The van der Waals surface area contributed by atoms with Crippen LogP contribution >= 0.6 is 0 Å². The second kappa shape index (κ2) is 7.06. The second-order valence-corrected chi connectivity index (χ2v) is 4.11. The van der Waals surface area contributed by atoms with Crippen molar-refractivity contribution in [1.29, 1.82) is 0 Å². The zero-order valence-corrected chi connectivity index (χ0v) is 10.9. The summed E-state index contributed by atoms with van der Waals surface area (Å²) in [5, 5.41) is 3.22. The largest absolute Gasteiger partial charge is 0.475 e. The van der Waals surface area contributed by atoms with Crippen LogP contribution in [0.15, 0.2) is 18.3 Å². The molecule has 6 nitrogen and oxygen atoms in total. The van der Waals surface area contributed by atoms with Gasteiger partial charge in [0, 0.05) is 25.4 Å². The minimum atomic E-state index is -0.374. The summed E-state index contributed by atoms with van der Waals surface area (Å²) in [7, 11) is 0. The molecule has 1 saturated heterocycles. The van der Waals surface area contributed by atoms with Crippen molar-refractivity contribution >= 4 is 5.97 Å². The Labute approximate surface area is 112 Å². The van der Waals surface area contributed by atoms with E-state index >= 15 is 0 Å². The number of morpholine rings is 1. The molecule has 104 valence electrons. The Morgan fingerprint density at radius 2 is 2.47 bits per heavy atom. The van der Waals surface area contributed by atoms with Crippen molar-refractivity contribution in [1.82, 2.24) is 10.3 Å². The molecule has 2 heterocycles. The van der Waals surface area contributed by atoms with E-state index in [2.05, 4.69) is 10.3 Å². The lowest BCUT2D eigenvalue weighted by molar-refractivity contribution is -0.000757. The lowest BCUT2D eigenvalue weighted by atomic mass is 10.3. The normalized spacial score (nSPS) is 18.9. The molecule has 1 atom stereocenters. The van der Waals surface area contributed by atoms with Crippen LogP contribution in [-0.2, 0) is 9.47 Å². The maximum Gasteiger partial charge on any atom is 0.339 e. The number of nitrogens with one attached hydrogen (secondary N) is 1. The van der Waals surface area contributed by atoms with Gasteiger partial charge in [-0.15, -0.1) is 0 Å². The molecule has 1 unspecified atom stereocenters. The molecule has 19 heavy (non-hydrogen) atoms. The summed E-state index contributed by atoms with van der Waals surface area (Å²) < 4.78 is 15.9. The average molecular weight is 266 g/mol. The van der Waals surface area contributed by atoms with Crippen molar-refractivity contribution < 1.29 is 19.0 Å². The fraction of sp³-hybridized carbons (Fsp3) is 0.538. The smallest absolute Gasteiger partial charge is 0.339 e. The summed E-state index contributed by atoms with van der Waals surface area (Å²) in [6.07, 6.45) is 1.49. The third-order valence-electron chi connectivity index (χ3n) is 2.67. The predicted molar refractivity (Wildman–Crippen MR) is 68.3 cm³/mol. The van der Waals surface area contributed by atoms with E-state index in [1.807, 2.05) is 0 Å². The number of hydrogen-bond donors (Lipinski definition) is 1. The van der Waals surface area contributed by atoms with Crippen LogP contribution in [0.5, 0.6) is 5.88 Å². The van der Waals surface area contributed by atoms with Gasteiger partial charge in [0.15, 0.2) is 0 Å². The van der Waals surface area contributed by atoms with Crippen LogP contribution in [-0.4, -0.2) is 50.0 Å². The third-order valence-corrected chi connectivity index (χ3v) is 2.67. The number of pyridine rings is 1. The summed E-state index contributed by atoms with van der Waals surface area (Å²) >= 11 is 0. The Hall–Kier alpha value is -1.66. The highest BCUT2D eigenvalue weighted by Gasteiger charge is 2.14. The van der Waals surface area contributed by atoms with E-state index in [-0.39, 0.29) is 12.1 Å². The zero-order valence-electron chi connectivity index (χ0n) is 10.9. The minimum absolute atomic E-state index is 0.0419. The van der Waals surface area contributed by atoms with Gasteiger partial charge in [-0.3, -0.25) is 0 Å². The van der Waals surface area contributed by atoms with Crippen LogP contribution in [0.1, 0.15) is 17.3 Å². The fourth-order valence-electron chi connectivity index (χ4n) is 1.71. The lowest BCUT2D eigenvalue weighted by Gasteiger charge is -2.23. The van der Waals surface area contributed by atoms with Crippen LogP contribution in [0.4, 0.5) is 0 Å². The Bertz CT molecular complexity index is 402. The first-order valence-corrected chi connectivity index (χ1v) is 6.38. The Morgan fingerprint density at radius 1 is 1.58 bits per heavy atom. The highest BCUT2D eigenvalue weighted by Crippen LogP contribution is 2.10. The number of ether oxygens (including phenoxy) is 3. The summed E-state index contributed by atoms with van der Waals surface area (Å²) in [4.78, 5) is 15.5. The van der Waals surface area contributed by atoms with Gasteiger partial charge in [0.1, 0.15) is 12.7 Å². The van der Waals surface area contributed by atoms with Gasteiger partial charge in [-0.1, -0.05) is 0 Å². The Kier molecular flexibility index (Phi) is 5.11. The first-order valence-electron chi connectivity index (χ1n) is 6.38. The summed E-state index contributed by atoms with van der Waals surface area (Å²) in [5.74, 6) is 0.101. The molecular weight excluding hydrogens is 248 g/mol. The summed E-state index contributed by atoms with van der Waals surface area (Å²) in [5.41, 5.74) is 0.421. The molecule has 0 radical (unpaired) electrons. The van der Waals surface area contributed by atoms with Gasteiger partial charge in [-0.2, -0.15) is 0 Å². The quantitative estimate of drug-likeness (QED) is 0.788. The van der Waals surface area contributed by atoms with E-state index in [4.69, 9.17) is 14.2 Å². The van der Waals surface area contributed by atoms with Crippen LogP contribution in [0.3, 0.4) is 0 Å². The average Bonchev–Trinajstić information content (AvgIpc) is 2.47. The SMILES string of the molecule is CCOC(=O)c1ccc(OCC2CNCCO2)nc1. The van der Waals surface area contributed by atoms with E-state index < -0.39 is 0 Å². The number of nitrogens with zero attached hydrogens (tertiary/aromatic N) is 1. The molecule has 0 spiro atoms. The number of aromatic nitrogens is 1. The molecular formula is C13H18N2O4. The Morgan fingerprint density at radius 3 is 3.11 bits per heavy atom. The molecule has 1 aliphatic rings. The molecule has 0 amide bonds. The van der Waals surface area contributed by atoms with Gasteiger partial charge in [0.2, 0.25) is 5.88 Å². The summed E-state index contributed by atoms with van der Waals surface area (Å²) in [6, 6.07) is 3.29. The van der Waals surface area contributed by atoms with Crippen LogP contribution in [0.25, 0.3) is 0 Å². The summed E-state index contributed by atoms with van der Waals surface area (Å²) in [6.45, 7) is 4.91. The molecule has 0 aromatic carbocycles. The molecule has 0 bridgehead atoms. The van der Waals surface area contributed by atoms with Crippen LogP contribution in [0.2, 0.25) is 0 Å². The number of carbonyl (C=O) groups excluding carboxylic acids is 1. The van der Waals surface area contributed by atoms with Gasteiger partial charge >= 0.3 is 5.97 Å². The van der Waals surface area contributed by atoms with Crippen LogP contribution < -0.4 is 10.1 Å². The first-order chi connectivity index (χ1) is 9.29. The van der Waals surface area contributed by atoms with E-state index in [0.29, 0.717) is 31.3 Å². The van der Waals surface area contributed by atoms with Crippen LogP contribution in [0, 0.1) is 0 Å². The number of rotatable bonds is 5. The fourth-order valence-corrected chi connectivity index (χ4v) is 1.71. The van der Waals surface area contributed by atoms with Crippen molar-refractivity contribution in [3.63, 3.8) is 0 Å². The van der Waals surface area contributed by atoms with Gasteiger partial charge < -0.3 is 19.5 Å². The monoisotopic (exact) mass is 266 g/mol. The van der Waals surface area contributed by atoms with Crippen molar-refractivity contribution in [2.45, 2.75) is 13.0 Å². The van der Waals surface area contributed by atoms with Gasteiger partial charge in [0.25, 0.3) is 0 Å². The highest BCUT2D eigenvalue weighted by molar-refractivity contribution is 5.89. The molecule has 0 aliphatic carbocycles. The maximum absolute atomic E-state index is 11.4. The molecule has 6 heteroatoms. The first kappa shape index (κ1) is 13.8. The van der Waals surface area contributed by atoms with Crippen molar-refractivity contribution in [2.24, 2.45) is 0 Å². The predicted octanol–water partition coefficient (Wildman–Crippen LogP) is 0.625. The topological polar surface area (TPSA) is 69.7 Å². The molecule has 0 saturated carbocycles. The Balaban J connectivity index is 1.82. The molecule has 1 aliphatic heterocycles. The van der Waals surface area contributed by atoms with Gasteiger partial charge in [-0.25, -0.2) is 9.78 Å². The lowest BCUT2D eigenvalue weighted by Crippen LogP contribution is -2.41. The molecule has 1 aromatic rings. The van der Waals surface area contributed by atoms with Gasteiger partial charge in [0.05, 0.1) is 18.8 Å². The maximum atomic E-state index is 11.4. The molecule has 2 rings (SSSR count).